The fourth-order valence-corrected chi connectivity index (χ4v) is 3.61. The zero-order chi connectivity index (χ0) is 24.1. The molecule has 1 aliphatic rings. The van der Waals surface area contributed by atoms with Gasteiger partial charge in [0.2, 0.25) is 0 Å². The first kappa shape index (κ1) is 25.9. The number of nitrogens with one attached hydrogen (secondary N) is 3. The van der Waals surface area contributed by atoms with Gasteiger partial charge in [-0.2, -0.15) is 0 Å². The monoisotopic (exact) mass is 448 g/mol. The smallest absolute Gasteiger partial charge is 0.407 e. The summed E-state index contributed by atoms with van der Waals surface area (Å²) < 4.78 is 5.32. The molecule has 2 rings (SSSR count). The number of hydrogen-bond acceptors (Lipinski definition) is 6. The standard InChI is InChI=1S/C24H40N4O4/c1-16(23(2,3)4)25-15-17-8-13-20(21(14-17)28(30)31)26-18-9-11-19(12-10-18)27-22(29)32-24(5,6)7/h8,13-14,16,18-19,25-26H,9-12,15H2,1-7H3,(H,27,29)/t16-,18-,19+/m0/s1. The Hall–Kier alpha value is -2.35. The molecule has 0 spiro atoms. The summed E-state index contributed by atoms with van der Waals surface area (Å²) in [5.74, 6) is 0. The minimum Gasteiger partial charge on any atom is -0.444 e. The number of alkyl carbamates (subject to hydrolysis) is 1. The predicted octanol–water partition coefficient (Wildman–Crippen LogP) is 5.37. The summed E-state index contributed by atoms with van der Waals surface area (Å²) in [7, 11) is 0. The number of hydrogen-bond donors (Lipinski definition) is 3. The van der Waals surface area contributed by atoms with Crippen LogP contribution >= 0.6 is 0 Å². The predicted molar refractivity (Wildman–Crippen MR) is 128 cm³/mol. The van der Waals surface area contributed by atoms with E-state index in [4.69, 9.17) is 4.74 Å². The lowest BCUT2D eigenvalue weighted by atomic mass is 9.88. The van der Waals surface area contributed by atoms with Crippen LogP contribution in [0.3, 0.4) is 0 Å². The fraction of sp³-hybridized carbons (Fsp3) is 0.708. The maximum absolute atomic E-state index is 12.0. The first-order valence-corrected chi connectivity index (χ1v) is 11.5. The van der Waals surface area contributed by atoms with Crippen molar-refractivity contribution in [2.75, 3.05) is 5.32 Å². The van der Waals surface area contributed by atoms with Crippen LogP contribution in [-0.4, -0.2) is 34.7 Å². The molecule has 0 aliphatic heterocycles. The molecule has 0 bridgehead atoms. The van der Waals surface area contributed by atoms with Crippen molar-refractivity contribution < 1.29 is 14.5 Å². The van der Waals surface area contributed by atoms with E-state index in [1.807, 2.05) is 32.9 Å². The van der Waals surface area contributed by atoms with Crippen LogP contribution in [0.4, 0.5) is 16.2 Å². The molecule has 1 amide bonds. The SMILES string of the molecule is C[C@H](NCc1ccc(N[C@H]2CC[C@@H](NC(=O)OC(C)(C)C)CC2)c([N+](=O)[O-])c1)C(C)(C)C. The molecule has 1 aromatic rings. The van der Waals surface area contributed by atoms with Gasteiger partial charge in [-0.15, -0.1) is 0 Å². The Kier molecular flexibility index (Phi) is 8.51. The number of rotatable bonds is 7. The molecule has 1 fully saturated rings. The van der Waals surface area contributed by atoms with Crippen molar-refractivity contribution in [3.63, 3.8) is 0 Å². The molecular formula is C24H40N4O4. The van der Waals surface area contributed by atoms with Crippen LogP contribution in [-0.2, 0) is 11.3 Å². The van der Waals surface area contributed by atoms with Crippen molar-refractivity contribution in [3.8, 4) is 0 Å². The number of ether oxygens (including phenoxy) is 1. The van der Waals surface area contributed by atoms with Crippen molar-refractivity contribution in [1.29, 1.82) is 0 Å². The molecule has 0 radical (unpaired) electrons. The number of nitrogens with zero attached hydrogens (tertiary/aromatic N) is 1. The van der Waals surface area contributed by atoms with Crippen molar-refractivity contribution >= 4 is 17.5 Å². The second-order valence-electron chi connectivity index (χ2n) is 10.9. The molecule has 1 aliphatic carbocycles. The zero-order valence-electron chi connectivity index (χ0n) is 20.6. The molecule has 8 heteroatoms. The molecule has 0 aromatic heterocycles. The number of benzene rings is 1. The van der Waals surface area contributed by atoms with Gasteiger partial charge in [-0.05, 0) is 70.4 Å². The Labute approximate surface area is 192 Å². The minimum atomic E-state index is -0.520. The number of amides is 1. The third-order valence-corrected chi connectivity index (χ3v) is 5.98. The van der Waals surface area contributed by atoms with Gasteiger partial charge in [0.05, 0.1) is 4.92 Å². The Morgan fingerprint density at radius 1 is 1.12 bits per heavy atom. The lowest BCUT2D eigenvalue weighted by Crippen LogP contribution is -2.42. The molecule has 0 unspecified atom stereocenters. The maximum Gasteiger partial charge on any atom is 0.407 e. The van der Waals surface area contributed by atoms with Crippen molar-refractivity contribution in [2.45, 2.75) is 104 Å². The van der Waals surface area contributed by atoms with Gasteiger partial charge in [0.25, 0.3) is 5.69 Å². The first-order chi connectivity index (χ1) is 14.7. The van der Waals surface area contributed by atoms with Gasteiger partial charge in [0.1, 0.15) is 11.3 Å². The molecule has 3 N–H and O–H groups in total. The Balaban J connectivity index is 1.92. The van der Waals surface area contributed by atoms with Gasteiger partial charge in [0, 0.05) is 30.7 Å². The molecule has 180 valence electrons. The second kappa shape index (κ2) is 10.5. The highest BCUT2D eigenvalue weighted by Crippen LogP contribution is 2.30. The Morgan fingerprint density at radius 2 is 1.72 bits per heavy atom. The first-order valence-electron chi connectivity index (χ1n) is 11.5. The van der Waals surface area contributed by atoms with Crippen molar-refractivity contribution in [3.05, 3.63) is 33.9 Å². The van der Waals surface area contributed by atoms with Gasteiger partial charge < -0.3 is 20.7 Å². The summed E-state index contributed by atoms with van der Waals surface area (Å²) in [6.07, 6.45) is 2.86. The summed E-state index contributed by atoms with van der Waals surface area (Å²) in [5, 5.41) is 21.4. The molecule has 1 aromatic carbocycles. The molecule has 1 atom stereocenters. The van der Waals surface area contributed by atoms with Crippen LogP contribution in [0.2, 0.25) is 0 Å². The second-order valence-corrected chi connectivity index (χ2v) is 10.9. The summed E-state index contributed by atoms with van der Waals surface area (Å²) in [5.41, 5.74) is 1.13. The van der Waals surface area contributed by atoms with Crippen molar-refractivity contribution in [1.82, 2.24) is 10.6 Å². The highest BCUT2D eigenvalue weighted by Gasteiger charge is 2.26. The summed E-state index contributed by atoms with van der Waals surface area (Å²) in [6, 6.07) is 5.88. The average molecular weight is 449 g/mol. The number of nitro groups is 1. The summed E-state index contributed by atoms with van der Waals surface area (Å²) in [4.78, 5) is 23.3. The number of nitro benzene ring substituents is 1. The van der Waals surface area contributed by atoms with E-state index in [1.165, 1.54) is 0 Å². The Bertz CT molecular complexity index is 790. The average Bonchev–Trinajstić information content (AvgIpc) is 2.66. The van der Waals surface area contributed by atoms with Gasteiger partial charge in [-0.25, -0.2) is 4.79 Å². The highest BCUT2D eigenvalue weighted by atomic mass is 16.6. The zero-order valence-corrected chi connectivity index (χ0v) is 20.6. The topological polar surface area (TPSA) is 106 Å². The van der Waals surface area contributed by atoms with E-state index in [9.17, 15) is 14.9 Å². The van der Waals surface area contributed by atoms with Crippen LogP contribution in [0, 0.1) is 15.5 Å². The highest BCUT2D eigenvalue weighted by molar-refractivity contribution is 5.68. The van der Waals surface area contributed by atoms with E-state index < -0.39 is 11.7 Å². The van der Waals surface area contributed by atoms with Crippen LogP contribution in [0.25, 0.3) is 0 Å². The minimum absolute atomic E-state index is 0.0659. The van der Waals surface area contributed by atoms with Crippen LogP contribution < -0.4 is 16.0 Å². The van der Waals surface area contributed by atoms with Gasteiger partial charge in [0.15, 0.2) is 0 Å². The lowest BCUT2D eigenvalue weighted by molar-refractivity contribution is -0.384. The van der Waals surface area contributed by atoms with E-state index in [2.05, 4.69) is 43.6 Å². The molecule has 8 nitrogen and oxygen atoms in total. The maximum atomic E-state index is 12.0. The van der Waals surface area contributed by atoms with E-state index in [0.29, 0.717) is 12.2 Å². The van der Waals surface area contributed by atoms with Crippen molar-refractivity contribution in [2.24, 2.45) is 5.41 Å². The molecule has 0 heterocycles. The fourth-order valence-electron chi connectivity index (χ4n) is 3.61. The molecule has 0 saturated heterocycles. The normalized spacial score (nSPS) is 20.3. The molecule has 32 heavy (non-hydrogen) atoms. The third-order valence-electron chi connectivity index (χ3n) is 5.98. The van der Waals surface area contributed by atoms with Crippen LogP contribution in [0.5, 0.6) is 0 Å². The van der Waals surface area contributed by atoms with Gasteiger partial charge in [-0.1, -0.05) is 26.8 Å². The molecule has 1 saturated carbocycles. The molecular weight excluding hydrogens is 408 g/mol. The van der Waals surface area contributed by atoms with Crippen LogP contribution in [0.15, 0.2) is 18.2 Å². The van der Waals surface area contributed by atoms with E-state index in [1.54, 1.807) is 6.07 Å². The van der Waals surface area contributed by atoms with Gasteiger partial charge >= 0.3 is 6.09 Å². The summed E-state index contributed by atoms with van der Waals surface area (Å²) >= 11 is 0. The van der Waals surface area contributed by atoms with Crippen LogP contribution in [0.1, 0.15) is 79.7 Å². The van der Waals surface area contributed by atoms with Gasteiger partial charge in [-0.3, -0.25) is 10.1 Å². The number of anilines is 1. The van der Waals surface area contributed by atoms with E-state index >= 15 is 0 Å². The number of carbonyl (C=O) groups is 1. The quantitative estimate of drug-likeness (QED) is 0.383. The summed E-state index contributed by atoms with van der Waals surface area (Å²) in [6.45, 7) is 14.7. The number of carbonyl (C=O) groups excluding carboxylic acids is 1. The lowest BCUT2D eigenvalue weighted by Gasteiger charge is -2.31. The largest absolute Gasteiger partial charge is 0.444 e. The third kappa shape index (κ3) is 8.30. The van der Waals surface area contributed by atoms with E-state index in [0.717, 1.165) is 31.2 Å². The van der Waals surface area contributed by atoms with E-state index in [-0.39, 0.29) is 34.2 Å². The Morgan fingerprint density at radius 3 is 2.25 bits per heavy atom.